The van der Waals surface area contributed by atoms with Crippen LogP contribution >= 0.6 is 0 Å². The van der Waals surface area contributed by atoms with Gasteiger partial charge >= 0.3 is 6.39 Å². The van der Waals surface area contributed by atoms with E-state index in [4.69, 9.17) is 4.42 Å². The first-order chi connectivity index (χ1) is 7.43. The van der Waals surface area contributed by atoms with Gasteiger partial charge in [-0.1, -0.05) is 45.4 Å². The zero-order chi connectivity index (χ0) is 10.8. The molecule has 16 heavy (non-hydrogen) atoms. The predicted molar refractivity (Wildman–Crippen MR) is 61.5 cm³/mol. The van der Waals surface area contributed by atoms with E-state index in [1.807, 2.05) is 6.20 Å². The molecule has 0 saturated heterocycles. The minimum Gasteiger partial charge on any atom is -1.00 e. The van der Waals surface area contributed by atoms with Gasteiger partial charge in [-0.3, -0.25) is 0 Å². The summed E-state index contributed by atoms with van der Waals surface area (Å²) in [7, 11) is 0. The Hall–Kier alpha value is -0.500. The Labute approximate surface area is 105 Å². The summed E-state index contributed by atoms with van der Waals surface area (Å²) in [5.41, 5.74) is 0. The lowest BCUT2D eigenvalue weighted by molar-refractivity contribution is -0.700. The molecule has 2 nitrogen and oxygen atoms in total. The summed E-state index contributed by atoms with van der Waals surface area (Å²) in [6.45, 7) is 3.37. The third-order valence-corrected chi connectivity index (χ3v) is 2.80. The Kier molecular flexibility index (Phi) is 10.7. The average Bonchev–Trinajstić information content (AvgIpc) is 2.75. The van der Waals surface area contributed by atoms with Gasteiger partial charge in [-0.05, 0) is 6.42 Å². The monoisotopic (exact) mass is 245 g/mol. The maximum Gasteiger partial charge on any atom is 0.334 e. The number of oxazole rings is 1. The van der Waals surface area contributed by atoms with Crippen molar-refractivity contribution in [2.24, 2.45) is 0 Å². The first-order valence-corrected chi connectivity index (χ1v) is 6.34. The van der Waals surface area contributed by atoms with Gasteiger partial charge in [-0.25, -0.2) is 0 Å². The van der Waals surface area contributed by atoms with E-state index in [1.54, 1.807) is 12.7 Å². The average molecular weight is 246 g/mol. The molecule has 1 aromatic heterocycles. The lowest BCUT2D eigenvalue weighted by Crippen LogP contribution is -3.00. The van der Waals surface area contributed by atoms with Crippen molar-refractivity contribution in [3.63, 3.8) is 0 Å². The van der Waals surface area contributed by atoms with Crippen LogP contribution in [-0.2, 0) is 6.54 Å². The molecule has 0 aliphatic rings. The standard InChI is InChI=1S/C13H24NO.ClH/c1-2-3-4-5-6-7-8-9-10-14-11-12-15-13-14;/h11-13H,2-10H2,1H3;1H/q+1;/p-1. The van der Waals surface area contributed by atoms with Crippen molar-refractivity contribution in [2.45, 2.75) is 64.8 Å². The molecule has 3 heteroatoms. The highest BCUT2D eigenvalue weighted by molar-refractivity contribution is 4.48. The highest BCUT2D eigenvalue weighted by atomic mass is 35.5. The molecule has 94 valence electrons. The smallest absolute Gasteiger partial charge is 0.334 e. The minimum atomic E-state index is 0. The van der Waals surface area contributed by atoms with Crippen LogP contribution in [0.4, 0.5) is 0 Å². The third-order valence-electron chi connectivity index (χ3n) is 2.80. The summed E-state index contributed by atoms with van der Waals surface area (Å²) in [4.78, 5) is 0. The molecule has 0 radical (unpaired) electrons. The highest BCUT2D eigenvalue weighted by Crippen LogP contribution is 2.08. The lowest BCUT2D eigenvalue weighted by Gasteiger charge is -1.99. The summed E-state index contributed by atoms with van der Waals surface area (Å²) >= 11 is 0. The maximum absolute atomic E-state index is 5.00. The number of rotatable bonds is 9. The Morgan fingerprint density at radius 2 is 1.56 bits per heavy atom. The van der Waals surface area contributed by atoms with Crippen LogP contribution in [0.3, 0.4) is 0 Å². The Morgan fingerprint density at radius 1 is 0.938 bits per heavy atom. The molecule has 1 rings (SSSR count). The second kappa shape index (κ2) is 11.0. The van der Waals surface area contributed by atoms with E-state index in [0.717, 1.165) is 6.54 Å². The summed E-state index contributed by atoms with van der Waals surface area (Å²) < 4.78 is 7.11. The van der Waals surface area contributed by atoms with Crippen LogP contribution in [0.2, 0.25) is 0 Å². The fourth-order valence-electron chi connectivity index (χ4n) is 1.82. The molecule has 1 heterocycles. The zero-order valence-corrected chi connectivity index (χ0v) is 11.1. The van der Waals surface area contributed by atoms with Gasteiger partial charge in [-0.2, -0.15) is 4.57 Å². The molecule has 0 aromatic carbocycles. The van der Waals surface area contributed by atoms with Crippen molar-refractivity contribution in [3.05, 3.63) is 18.9 Å². The molecule has 0 saturated carbocycles. The summed E-state index contributed by atoms with van der Waals surface area (Å²) in [5.74, 6) is 0. The zero-order valence-electron chi connectivity index (χ0n) is 10.3. The molecule has 0 spiro atoms. The van der Waals surface area contributed by atoms with Gasteiger partial charge in [0.15, 0.2) is 12.8 Å². The molecular weight excluding hydrogens is 222 g/mol. The molecule has 0 unspecified atom stereocenters. The Morgan fingerprint density at radius 3 is 2.12 bits per heavy atom. The lowest BCUT2D eigenvalue weighted by atomic mass is 10.1. The van der Waals surface area contributed by atoms with Gasteiger partial charge in [0.05, 0.1) is 0 Å². The van der Waals surface area contributed by atoms with Crippen LogP contribution < -0.4 is 17.0 Å². The van der Waals surface area contributed by atoms with Crippen LogP contribution in [0.5, 0.6) is 0 Å². The van der Waals surface area contributed by atoms with E-state index in [1.165, 1.54) is 51.4 Å². The molecule has 0 amide bonds. The van der Waals surface area contributed by atoms with Crippen molar-refractivity contribution in [1.82, 2.24) is 0 Å². The van der Waals surface area contributed by atoms with Crippen molar-refractivity contribution in [2.75, 3.05) is 0 Å². The van der Waals surface area contributed by atoms with Crippen LogP contribution in [0.1, 0.15) is 58.3 Å². The number of aryl methyl sites for hydroxylation is 1. The fourth-order valence-corrected chi connectivity index (χ4v) is 1.82. The molecule has 0 aliphatic heterocycles. The quantitative estimate of drug-likeness (QED) is 0.463. The third kappa shape index (κ3) is 7.75. The van der Waals surface area contributed by atoms with Gasteiger partial charge in [0.2, 0.25) is 6.20 Å². The van der Waals surface area contributed by atoms with Crippen LogP contribution in [0, 0.1) is 0 Å². The van der Waals surface area contributed by atoms with E-state index < -0.39 is 0 Å². The molecule has 0 fully saturated rings. The number of nitrogens with zero attached hydrogens (tertiary/aromatic N) is 1. The van der Waals surface area contributed by atoms with Crippen molar-refractivity contribution in [3.8, 4) is 0 Å². The van der Waals surface area contributed by atoms with Crippen LogP contribution in [-0.4, -0.2) is 0 Å². The Balaban J connectivity index is 0.00000225. The molecule has 0 aliphatic carbocycles. The number of hydrogen-bond acceptors (Lipinski definition) is 1. The number of hydrogen-bond donors (Lipinski definition) is 0. The first kappa shape index (κ1) is 15.5. The minimum absolute atomic E-state index is 0. The normalized spacial score (nSPS) is 10.1. The van der Waals surface area contributed by atoms with Gasteiger partial charge in [0, 0.05) is 6.42 Å². The fraction of sp³-hybridized carbons (Fsp3) is 0.769. The van der Waals surface area contributed by atoms with Gasteiger partial charge < -0.3 is 16.8 Å². The largest absolute Gasteiger partial charge is 1.00 e. The van der Waals surface area contributed by atoms with Gasteiger partial charge in [0.25, 0.3) is 0 Å². The van der Waals surface area contributed by atoms with E-state index in [9.17, 15) is 0 Å². The summed E-state index contributed by atoms with van der Waals surface area (Å²) in [6.07, 6.45) is 16.5. The molecule has 0 atom stereocenters. The second-order valence-electron chi connectivity index (χ2n) is 4.24. The number of aromatic nitrogens is 1. The number of halogens is 1. The second-order valence-corrected chi connectivity index (χ2v) is 4.24. The van der Waals surface area contributed by atoms with Gasteiger partial charge in [0.1, 0.15) is 0 Å². The molecule has 0 N–H and O–H groups in total. The SMILES string of the molecule is CCCCCCCCCC[n+]1ccoc1.[Cl-]. The maximum atomic E-state index is 5.00. The number of unbranched alkanes of at least 4 members (excludes halogenated alkanes) is 7. The summed E-state index contributed by atoms with van der Waals surface area (Å²) in [5, 5.41) is 0. The molecule has 1 aromatic rings. The predicted octanol–water partition coefficient (Wildman–Crippen LogP) is 0.712. The van der Waals surface area contributed by atoms with E-state index in [0.29, 0.717) is 0 Å². The van der Waals surface area contributed by atoms with Gasteiger partial charge in [-0.15, -0.1) is 0 Å². The van der Waals surface area contributed by atoms with Crippen LogP contribution in [0.15, 0.2) is 23.3 Å². The van der Waals surface area contributed by atoms with E-state index in [-0.39, 0.29) is 12.4 Å². The van der Waals surface area contributed by atoms with E-state index in [2.05, 4.69) is 11.5 Å². The molecular formula is C13H24ClNO. The Bertz CT molecular complexity index is 224. The highest BCUT2D eigenvalue weighted by Gasteiger charge is 1.99. The summed E-state index contributed by atoms with van der Waals surface area (Å²) in [6, 6.07) is 0. The van der Waals surface area contributed by atoms with Crippen molar-refractivity contribution < 1.29 is 21.4 Å². The molecule has 0 bridgehead atoms. The topological polar surface area (TPSA) is 17.0 Å². The van der Waals surface area contributed by atoms with Crippen molar-refractivity contribution in [1.29, 1.82) is 0 Å². The first-order valence-electron chi connectivity index (χ1n) is 6.34. The van der Waals surface area contributed by atoms with Crippen molar-refractivity contribution >= 4 is 0 Å². The van der Waals surface area contributed by atoms with E-state index >= 15 is 0 Å². The van der Waals surface area contributed by atoms with Crippen LogP contribution in [0.25, 0.3) is 0 Å².